The molecule has 1 aromatic rings. The Morgan fingerprint density at radius 3 is 2.86 bits per heavy atom. The topological polar surface area (TPSA) is 77.9 Å². The van der Waals surface area contributed by atoms with Crippen LogP contribution < -0.4 is 5.32 Å². The maximum Gasteiger partial charge on any atom is 0.221 e. The van der Waals surface area contributed by atoms with Gasteiger partial charge in [-0.25, -0.2) is 0 Å². The van der Waals surface area contributed by atoms with Gasteiger partial charge in [0.1, 0.15) is 0 Å². The summed E-state index contributed by atoms with van der Waals surface area (Å²) >= 11 is 0. The van der Waals surface area contributed by atoms with E-state index >= 15 is 0 Å². The Balaban J connectivity index is 3.13. The Labute approximate surface area is 81.4 Å². The molecule has 0 aliphatic heterocycles. The highest BCUT2D eigenvalue weighted by molar-refractivity contribution is 5.90. The van der Waals surface area contributed by atoms with Gasteiger partial charge in [-0.3, -0.25) is 4.79 Å². The minimum Gasteiger partial charge on any atom is -0.326 e. The lowest BCUT2D eigenvalue weighted by molar-refractivity contribution is -0.114. The van der Waals surface area contributed by atoms with E-state index in [4.69, 9.17) is 5.53 Å². The van der Waals surface area contributed by atoms with Crippen molar-refractivity contribution in [1.29, 1.82) is 0 Å². The van der Waals surface area contributed by atoms with Crippen LogP contribution in [0.2, 0.25) is 0 Å². The molecule has 0 bridgehead atoms. The largest absolute Gasteiger partial charge is 0.326 e. The van der Waals surface area contributed by atoms with Crippen LogP contribution in [0.1, 0.15) is 12.5 Å². The summed E-state index contributed by atoms with van der Waals surface area (Å²) < 4.78 is 0. The van der Waals surface area contributed by atoms with Gasteiger partial charge in [-0.2, -0.15) is 0 Å². The lowest BCUT2D eigenvalue weighted by Crippen LogP contribution is -2.06. The summed E-state index contributed by atoms with van der Waals surface area (Å²) in [6, 6.07) is 5.18. The van der Waals surface area contributed by atoms with Crippen molar-refractivity contribution in [1.82, 2.24) is 0 Å². The second kappa shape index (κ2) is 4.30. The molecule has 1 aromatic carbocycles. The first kappa shape index (κ1) is 10.1. The summed E-state index contributed by atoms with van der Waals surface area (Å²) in [5.74, 6) is -0.147. The lowest BCUT2D eigenvalue weighted by atomic mass is 10.1. The number of hydrogen-bond acceptors (Lipinski definition) is 2. The van der Waals surface area contributed by atoms with Gasteiger partial charge < -0.3 is 5.32 Å². The van der Waals surface area contributed by atoms with Gasteiger partial charge in [-0.1, -0.05) is 17.2 Å². The van der Waals surface area contributed by atoms with Crippen LogP contribution in [-0.2, 0) is 4.79 Å². The molecule has 0 unspecified atom stereocenters. The second-order valence-corrected chi connectivity index (χ2v) is 2.82. The molecule has 0 saturated heterocycles. The molecular formula is C9H10N4O. The average molecular weight is 190 g/mol. The van der Waals surface area contributed by atoms with E-state index in [2.05, 4.69) is 15.3 Å². The number of rotatable bonds is 2. The fourth-order valence-corrected chi connectivity index (χ4v) is 1.11. The monoisotopic (exact) mass is 190 g/mol. The molecule has 0 saturated carbocycles. The number of carbonyl (C=O) groups excluding carboxylic acids is 1. The number of benzene rings is 1. The number of amides is 1. The molecular weight excluding hydrogens is 180 g/mol. The van der Waals surface area contributed by atoms with Crippen molar-refractivity contribution in [2.24, 2.45) is 5.11 Å². The van der Waals surface area contributed by atoms with Crippen molar-refractivity contribution in [3.63, 3.8) is 0 Å². The minimum atomic E-state index is -0.147. The van der Waals surface area contributed by atoms with Gasteiger partial charge in [0.2, 0.25) is 5.91 Å². The number of nitrogens with one attached hydrogen (secondary N) is 1. The van der Waals surface area contributed by atoms with E-state index in [0.29, 0.717) is 11.4 Å². The van der Waals surface area contributed by atoms with E-state index in [0.717, 1.165) is 5.56 Å². The maximum atomic E-state index is 10.8. The van der Waals surface area contributed by atoms with Crippen molar-refractivity contribution in [3.05, 3.63) is 34.2 Å². The average Bonchev–Trinajstić information content (AvgIpc) is 2.11. The van der Waals surface area contributed by atoms with Gasteiger partial charge in [0.15, 0.2) is 0 Å². The molecule has 0 heterocycles. The number of nitrogens with zero attached hydrogens (tertiary/aromatic N) is 3. The molecule has 1 amide bonds. The molecule has 0 aliphatic carbocycles. The molecule has 5 heteroatoms. The van der Waals surface area contributed by atoms with E-state index in [1.807, 2.05) is 0 Å². The zero-order valence-corrected chi connectivity index (χ0v) is 7.98. The first-order chi connectivity index (χ1) is 6.65. The summed E-state index contributed by atoms with van der Waals surface area (Å²) in [4.78, 5) is 13.5. The van der Waals surface area contributed by atoms with Crippen LogP contribution >= 0.6 is 0 Å². The van der Waals surface area contributed by atoms with Crippen LogP contribution in [0.15, 0.2) is 23.3 Å². The Hall–Kier alpha value is -2.00. The molecule has 14 heavy (non-hydrogen) atoms. The molecule has 0 atom stereocenters. The highest BCUT2D eigenvalue weighted by Gasteiger charge is 2.02. The van der Waals surface area contributed by atoms with Gasteiger partial charge in [0.05, 0.1) is 0 Å². The summed E-state index contributed by atoms with van der Waals surface area (Å²) in [5.41, 5.74) is 10.2. The van der Waals surface area contributed by atoms with E-state index in [1.54, 1.807) is 25.1 Å². The van der Waals surface area contributed by atoms with Crippen LogP contribution in [0.3, 0.4) is 0 Å². The molecule has 0 fully saturated rings. The number of anilines is 1. The third kappa shape index (κ3) is 2.24. The minimum absolute atomic E-state index is 0.147. The summed E-state index contributed by atoms with van der Waals surface area (Å²) in [5, 5.41) is 6.15. The van der Waals surface area contributed by atoms with Crippen molar-refractivity contribution >= 4 is 17.3 Å². The van der Waals surface area contributed by atoms with E-state index in [1.165, 1.54) is 6.92 Å². The van der Waals surface area contributed by atoms with E-state index in [9.17, 15) is 4.79 Å². The predicted molar refractivity (Wildman–Crippen MR) is 54.3 cm³/mol. The van der Waals surface area contributed by atoms with Crippen LogP contribution in [0.25, 0.3) is 10.4 Å². The molecule has 1 N–H and O–H groups in total. The predicted octanol–water partition coefficient (Wildman–Crippen LogP) is 2.90. The van der Waals surface area contributed by atoms with E-state index < -0.39 is 0 Å². The van der Waals surface area contributed by atoms with Crippen LogP contribution in [0.4, 0.5) is 11.4 Å². The molecule has 0 aliphatic rings. The molecule has 0 radical (unpaired) electrons. The third-order valence-corrected chi connectivity index (χ3v) is 1.77. The standard InChI is InChI=1S/C9H10N4O/c1-6-8(11-7(2)14)4-3-5-9(6)12-13-10/h3-5H,1-2H3,(H,11,14). The fourth-order valence-electron chi connectivity index (χ4n) is 1.11. The molecule has 0 aromatic heterocycles. The Bertz CT molecular complexity index is 407. The van der Waals surface area contributed by atoms with Gasteiger partial charge in [-0.15, -0.1) is 0 Å². The van der Waals surface area contributed by atoms with Gasteiger partial charge in [0.25, 0.3) is 0 Å². The highest BCUT2D eigenvalue weighted by atomic mass is 16.1. The SMILES string of the molecule is CC(=O)Nc1cccc(N=[N+]=[N-])c1C. The normalized spacial score (nSPS) is 9.00. The zero-order valence-electron chi connectivity index (χ0n) is 7.98. The molecule has 72 valence electrons. The molecule has 0 spiro atoms. The second-order valence-electron chi connectivity index (χ2n) is 2.82. The van der Waals surface area contributed by atoms with Gasteiger partial charge in [-0.05, 0) is 24.1 Å². The third-order valence-electron chi connectivity index (χ3n) is 1.77. The lowest BCUT2D eigenvalue weighted by Gasteiger charge is -2.07. The van der Waals surface area contributed by atoms with Crippen molar-refractivity contribution in [2.75, 3.05) is 5.32 Å². The zero-order chi connectivity index (χ0) is 10.6. The Morgan fingerprint density at radius 2 is 2.29 bits per heavy atom. The Morgan fingerprint density at radius 1 is 1.57 bits per heavy atom. The van der Waals surface area contributed by atoms with Crippen LogP contribution in [0, 0.1) is 6.92 Å². The van der Waals surface area contributed by atoms with Crippen molar-refractivity contribution < 1.29 is 4.79 Å². The first-order valence-corrected chi connectivity index (χ1v) is 4.07. The first-order valence-electron chi connectivity index (χ1n) is 4.07. The fraction of sp³-hybridized carbons (Fsp3) is 0.222. The smallest absolute Gasteiger partial charge is 0.221 e. The highest BCUT2D eigenvalue weighted by Crippen LogP contribution is 2.25. The van der Waals surface area contributed by atoms with E-state index in [-0.39, 0.29) is 5.91 Å². The number of carbonyl (C=O) groups is 1. The Kier molecular flexibility index (Phi) is 3.09. The summed E-state index contributed by atoms with van der Waals surface area (Å²) in [6.45, 7) is 3.22. The van der Waals surface area contributed by atoms with Gasteiger partial charge in [0, 0.05) is 23.2 Å². The molecule has 5 nitrogen and oxygen atoms in total. The maximum absolute atomic E-state index is 10.8. The van der Waals surface area contributed by atoms with Crippen molar-refractivity contribution in [3.8, 4) is 0 Å². The summed E-state index contributed by atoms with van der Waals surface area (Å²) in [6.07, 6.45) is 0. The summed E-state index contributed by atoms with van der Waals surface area (Å²) in [7, 11) is 0. The number of azide groups is 1. The number of hydrogen-bond donors (Lipinski definition) is 1. The quantitative estimate of drug-likeness (QED) is 0.434. The molecule has 1 rings (SSSR count). The van der Waals surface area contributed by atoms with Crippen LogP contribution in [-0.4, -0.2) is 5.91 Å². The van der Waals surface area contributed by atoms with Gasteiger partial charge >= 0.3 is 0 Å². The van der Waals surface area contributed by atoms with Crippen molar-refractivity contribution in [2.45, 2.75) is 13.8 Å². The van der Waals surface area contributed by atoms with Crippen LogP contribution in [0.5, 0.6) is 0 Å².